The van der Waals surface area contributed by atoms with Gasteiger partial charge in [0.1, 0.15) is 5.92 Å². The van der Waals surface area contributed by atoms with Crippen LogP contribution in [0.1, 0.15) is 33.6 Å². The third-order valence-electron chi connectivity index (χ3n) is 2.69. The Morgan fingerprint density at radius 1 is 1.24 bits per heavy atom. The van der Waals surface area contributed by atoms with Crippen molar-refractivity contribution in [2.45, 2.75) is 33.6 Å². The van der Waals surface area contributed by atoms with E-state index in [-0.39, 0.29) is 29.8 Å². The molecule has 0 spiro atoms. The van der Waals surface area contributed by atoms with E-state index in [2.05, 4.69) is 4.74 Å². The Bertz CT molecular complexity index is 360. The molecule has 1 aliphatic carbocycles. The summed E-state index contributed by atoms with van der Waals surface area (Å²) in [6, 6.07) is 0. The smallest absolute Gasteiger partial charge is 0.303 e. The largest absolute Gasteiger partial charge is 0.458 e. The monoisotopic (exact) mass is 240 g/mol. The maximum Gasteiger partial charge on any atom is 0.303 e. The van der Waals surface area contributed by atoms with Gasteiger partial charge in [0.15, 0.2) is 24.0 Å². The van der Waals surface area contributed by atoms with Crippen LogP contribution in [0.3, 0.4) is 0 Å². The highest BCUT2D eigenvalue weighted by molar-refractivity contribution is 6.21. The Hall–Kier alpha value is -1.52. The fraction of sp³-hybridized carbons (Fsp3) is 0.667. The minimum atomic E-state index is -1.23. The number of hydrogen-bond acceptors (Lipinski definition) is 5. The van der Waals surface area contributed by atoms with Crippen LogP contribution < -0.4 is 0 Å². The Labute approximate surface area is 99.5 Å². The van der Waals surface area contributed by atoms with Gasteiger partial charge < -0.3 is 4.74 Å². The van der Waals surface area contributed by atoms with Gasteiger partial charge in [-0.1, -0.05) is 13.8 Å². The van der Waals surface area contributed by atoms with Crippen molar-refractivity contribution in [1.82, 2.24) is 0 Å². The molecule has 5 heteroatoms. The van der Waals surface area contributed by atoms with Crippen molar-refractivity contribution in [2.24, 2.45) is 11.3 Å². The second-order valence-electron chi connectivity index (χ2n) is 5.13. The summed E-state index contributed by atoms with van der Waals surface area (Å²) in [7, 11) is 0. The topological polar surface area (TPSA) is 77.5 Å². The van der Waals surface area contributed by atoms with Crippen LogP contribution >= 0.6 is 0 Å². The molecule has 1 rings (SSSR count). The van der Waals surface area contributed by atoms with E-state index < -0.39 is 24.3 Å². The molecule has 0 aromatic heterocycles. The number of esters is 1. The van der Waals surface area contributed by atoms with E-state index in [1.54, 1.807) is 0 Å². The van der Waals surface area contributed by atoms with Gasteiger partial charge >= 0.3 is 5.97 Å². The molecular weight excluding hydrogens is 224 g/mol. The Kier molecular flexibility index (Phi) is 3.80. The summed E-state index contributed by atoms with van der Waals surface area (Å²) in [5.74, 6) is -3.20. The van der Waals surface area contributed by atoms with Crippen molar-refractivity contribution in [1.29, 1.82) is 0 Å². The maximum atomic E-state index is 11.7. The quantitative estimate of drug-likeness (QED) is 0.536. The van der Waals surface area contributed by atoms with E-state index in [1.165, 1.54) is 6.92 Å². The van der Waals surface area contributed by atoms with Gasteiger partial charge in [0.25, 0.3) is 0 Å². The second-order valence-corrected chi connectivity index (χ2v) is 5.13. The molecule has 0 radical (unpaired) electrons. The number of hydrogen-bond donors (Lipinski definition) is 0. The molecule has 17 heavy (non-hydrogen) atoms. The number of ketones is 3. The molecule has 0 heterocycles. The minimum absolute atomic E-state index is 0.204. The molecule has 0 aromatic carbocycles. The van der Waals surface area contributed by atoms with E-state index in [1.807, 2.05) is 13.8 Å². The lowest BCUT2D eigenvalue weighted by atomic mass is 9.70. The molecule has 0 atom stereocenters. The molecule has 5 nitrogen and oxygen atoms in total. The van der Waals surface area contributed by atoms with Crippen molar-refractivity contribution >= 4 is 23.3 Å². The van der Waals surface area contributed by atoms with Crippen LogP contribution in [0.4, 0.5) is 0 Å². The number of carbonyl (C=O) groups excluding carboxylic acids is 4. The maximum absolute atomic E-state index is 11.7. The Balaban J connectivity index is 2.71. The molecule has 0 aliphatic heterocycles. The zero-order valence-corrected chi connectivity index (χ0v) is 10.2. The zero-order chi connectivity index (χ0) is 13.2. The normalized spacial score (nSPS) is 20.2. The van der Waals surface area contributed by atoms with Crippen molar-refractivity contribution in [3.63, 3.8) is 0 Å². The van der Waals surface area contributed by atoms with Crippen LogP contribution in [0.5, 0.6) is 0 Å². The van der Waals surface area contributed by atoms with Crippen molar-refractivity contribution in [3.05, 3.63) is 0 Å². The van der Waals surface area contributed by atoms with Gasteiger partial charge in [0, 0.05) is 19.8 Å². The highest BCUT2D eigenvalue weighted by Gasteiger charge is 2.43. The SMILES string of the molecule is CC(=O)OCC(=O)C1C(=O)CC(C)(C)CC1=O. The number of rotatable bonds is 3. The van der Waals surface area contributed by atoms with Gasteiger partial charge in [-0.2, -0.15) is 0 Å². The lowest BCUT2D eigenvalue weighted by Gasteiger charge is -2.31. The lowest BCUT2D eigenvalue weighted by molar-refractivity contribution is -0.153. The molecule has 0 aromatic rings. The molecule has 1 aliphatic rings. The van der Waals surface area contributed by atoms with Gasteiger partial charge in [-0.05, 0) is 5.41 Å². The molecule has 0 amide bonds. The van der Waals surface area contributed by atoms with Crippen molar-refractivity contribution < 1.29 is 23.9 Å². The Morgan fingerprint density at radius 3 is 2.12 bits per heavy atom. The van der Waals surface area contributed by atoms with Crippen LogP contribution in [0, 0.1) is 11.3 Å². The van der Waals surface area contributed by atoms with E-state index in [0.29, 0.717) is 0 Å². The predicted octanol–water partition coefficient (Wildman–Crippen LogP) is 0.693. The number of ether oxygens (including phenoxy) is 1. The summed E-state index contributed by atoms with van der Waals surface area (Å²) in [5, 5.41) is 0. The third kappa shape index (κ3) is 3.47. The highest BCUT2D eigenvalue weighted by Crippen LogP contribution is 2.34. The highest BCUT2D eigenvalue weighted by atomic mass is 16.5. The number of Topliss-reactive ketones (excluding diaryl/α,β-unsaturated/α-hetero) is 3. The first-order valence-corrected chi connectivity index (χ1v) is 5.44. The summed E-state index contributed by atoms with van der Waals surface area (Å²) in [6.45, 7) is 4.30. The lowest BCUT2D eigenvalue weighted by Crippen LogP contribution is -2.43. The molecule has 0 bridgehead atoms. The van der Waals surface area contributed by atoms with E-state index in [0.717, 1.165) is 0 Å². The predicted molar refractivity (Wildman–Crippen MR) is 58.2 cm³/mol. The van der Waals surface area contributed by atoms with Gasteiger partial charge in [-0.3, -0.25) is 19.2 Å². The Morgan fingerprint density at radius 2 is 1.71 bits per heavy atom. The molecule has 1 fully saturated rings. The molecule has 1 saturated carbocycles. The summed E-state index contributed by atoms with van der Waals surface area (Å²) in [5.41, 5.74) is -0.383. The third-order valence-corrected chi connectivity index (χ3v) is 2.69. The minimum Gasteiger partial charge on any atom is -0.458 e. The molecule has 0 N–H and O–H groups in total. The van der Waals surface area contributed by atoms with Gasteiger partial charge in [0.2, 0.25) is 0 Å². The average molecular weight is 240 g/mol. The van der Waals surface area contributed by atoms with Gasteiger partial charge in [-0.25, -0.2) is 0 Å². The van der Waals surface area contributed by atoms with Crippen LogP contribution in [0.25, 0.3) is 0 Å². The standard InChI is InChI=1S/C12H16O5/c1-7(13)17-6-10(16)11-8(14)4-12(2,3)5-9(11)15/h11H,4-6H2,1-3H3. The average Bonchev–Trinajstić information content (AvgIpc) is 2.11. The zero-order valence-electron chi connectivity index (χ0n) is 10.2. The van der Waals surface area contributed by atoms with Crippen molar-refractivity contribution in [3.8, 4) is 0 Å². The summed E-state index contributed by atoms with van der Waals surface area (Å²) >= 11 is 0. The molecule has 0 unspecified atom stereocenters. The molecular formula is C12H16O5. The van der Waals surface area contributed by atoms with E-state index in [9.17, 15) is 19.2 Å². The second kappa shape index (κ2) is 4.77. The fourth-order valence-electron chi connectivity index (χ4n) is 2.00. The fourth-order valence-corrected chi connectivity index (χ4v) is 2.00. The van der Waals surface area contributed by atoms with Crippen LogP contribution in [-0.2, 0) is 23.9 Å². The van der Waals surface area contributed by atoms with E-state index in [4.69, 9.17) is 0 Å². The molecule has 94 valence electrons. The first-order chi connectivity index (χ1) is 7.73. The summed E-state index contributed by atoms with van der Waals surface area (Å²) in [4.78, 5) is 45.6. The van der Waals surface area contributed by atoms with Crippen molar-refractivity contribution in [2.75, 3.05) is 6.61 Å². The van der Waals surface area contributed by atoms with Gasteiger partial charge in [0.05, 0.1) is 0 Å². The van der Waals surface area contributed by atoms with Gasteiger partial charge in [-0.15, -0.1) is 0 Å². The van der Waals surface area contributed by atoms with E-state index >= 15 is 0 Å². The van der Waals surface area contributed by atoms with Crippen LogP contribution in [0.15, 0.2) is 0 Å². The molecule has 0 saturated heterocycles. The summed E-state index contributed by atoms with van der Waals surface area (Å²) in [6.07, 6.45) is 0.407. The number of carbonyl (C=O) groups is 4. The van der Waals surface area contributed by atoms with Crippen LogP contribution in [0.2, 0.25) is 0 Å². The first-order valence-electron chi connectivity index (χ1n) is 5.44. The summed E-state index contributed by atoms with van der Waals surface area (Å²) < 4.78 is 4.51. The van der Waals surface area contributed by atoms with Crippen LogP contribution in [-0.4, -0.2) is 29.9 Å². The first kappa shape index (κ1) is 13.5.